The topological polar surface area (TPSA) is 46.5 Å². The van der Waals surface area contributed by atoms with Gasteiger partial charge in [-0.05, 0) is 24.6 Å². The Morgan fingerprint density at radius 1 is 1.16 bits per heavy atom. The average molecular weight is 369 g/mol. The minimum Gasteiger partial charge on any atom is -0.479 e. The Labute approximate surface area is 123 Å². The van der Waals surface area contributed by atoms with Gasteiger partial charge in [0.2, 0.25) is 3.57 Å². The third-order valence-corrected chi connectivity index (χ3v) is 4.59. The second-order valence-corrected chi connectivity index (χ2v) is 6.30. The first-order valence-electron chi connectivity index (χ1n) is 5.81. The number of benzene rings is 2. The largest absolute Gasteiger partial charge is 0.523 e. The monoisotopic (exact) mass is 369 g/mol. The summed E-state index contributed by atoms with van der Waals surface area (Å²) < 4.78 is 6.38. The lowest BCUT2D eigenvalue weighted by molar-refractivity contribution is -0.873. The van der Waals surface area contributed by atoms with Gasteiger partial charge in [-0.25, -0.2) is 4.79 Å². The molecular weight excluding hydrogens is 355 g/mol. The van der Waals surface area contributed by atoms with Crippen molar-refractivity contribution >= 4 is 5.97 Å². The van der Waals surface area contributed by atoms with Crippen molar-refractivity contribution in [3.8, 4) is 11.1 Å². The van der Waals surface area contributed by atoms with Crippen LogP contribution >= 0.6 is 0 Å². The molecule has 1 N–H and O–H groups in total. The maximum Gasteiger partial charge on any atom is 0.523 e. The number of halogens is 1. The minimum absolute atomic E-state index is 0.227. The molecule has 0 amide bonds. The number of hydrogen-bond donors (Lipinski definition) is 1. The highest BCUT2D eigenvalue weighted by Crippen LogP contribution is 2.19. The van der Waals surface area contributed by atoms with E-state index in [0.717, 1.165) is 14.7 Å². The summed E-state index contributed by atoms with van der Waals surface area (Å²) in [7, 11) is 0. The Morgan fingerprint density at radius 2 is 1.84 bits per heavy atom. The number of carbonyl (C=O) groups is 1. The van der Waals surface area contributed by atoms with E-state index in [1.807, 2.05) is 24.3 Å². The van der Waals surface area contributed by atoms with Crippen LogP contribution in [0, 0.1) is 10.5 Å². The molecule has 3 nitrogen and oxygen atoms in total. The van der Waals surface area contributed by atoms with Crippen LogP contribution in [0.25, 0.3) is 11.1 Å². The zero-order valence-electron chi connectivity index (χ0n) is 10.5. The molecule has 0 saturated heterocycles. The fourth-order valence-electron chi connectivity index (χ4n) is 1.63. The Kier molecular flexibility index (Phi) is 4.93. The maximum absolute atomic E-state index is 10.5. The van der Waals surface area contributed by atoms with Crippen LogP contribution in [0.3, 0.4) is 0 Å². The molecule has 98 valence electrons. The molecule has 19 heavy (non-hydrogen) atoms. The first-order chi connectivity index (χ1) is 9.16. The lowest BCUT2D eigenvalue weighted by Crippen LogP contribution is -3.62. The molecule has 0 unspecified atom stereocenters. The quantitative estimate of drug-likeness (QED) is 0.752. The van der Waals surface area contributed by atoms with Crippen LogP contribution in [0.1, 0.15) is 5.56 Å². The number of aryl methyl sites for hydroxylation is 1. The third-order valence-electron chi connectivity index (χ3n) is 2.55. The van der Waals surface area contributed by atoms with Gasteiger partial charge in [0, 0.05) is 5.56 Å². The normalized spacial score (nSPS) is 10.4. The molecule has 4 heteroatoms. The van der Waals surface area contributed by atoms with E-state index < -0.39 is 27.6 Å². The zero-order valence-corrected chi connectivity index (χ0v) is 12.6. The fourth-order valence-corrected chi connectivity index (χ4v) is 3.47. The summed E-state index contributed by atoms with van der Waals surface area (Å²) in [4.78, 5) is 10.5. The van der Waals surface area contributed by atoms with Crippen molar-refractivity contribution in [1.82, 2.24) is 0 Å². The molecule has 0 bridgehead atoms. The highest BCUT2D eigenvalue weighted by Gasteiger charge is 2.21. The van der Waals surface area contributed by atoms with Crippen LogP contribution in [0.15, 0.2) is 48.5 Å². The molecule has 0 atom stereocenters. The van der Waals surface area contributed by atoms with Crippen LogP contribution in [-0.4, -0.2) is 17.7 Å². The van der Waals surface area contributed by atoms with Crippen molar-refractivity contribution < 1.29 is 34.6 Å². The second kappa shape index (κ2) is 6.68. The van der Waals surface area contributed by atoms with Gasteiger partial charge in [0.25, 0.3) is 0 Å². The summed E-state index contributed by atoms with van der Waals surface area (Å²) in [5, 5.41) is 8.60. The molecule has 2 rings (SSSR count). The smallest absolute Gasteiger partial charge is 0.479 e. The number of rotatable bonds is 5. The van der Waals surface area contributed by atoms with E-state index in [2.05, 4.69) is 31.2 Å². The molecule has 0 aromatic heterocycles. The molecule has 0 fully saturated rings. The van der Waals surface area contributed by atoms with E-state index in [1.54, 1.807) is 0 Å². The van der Waals surface area contributed by atoms with Gasteiger partial charge in [-0.1, -0.05) is 42.0 Å². The SMILES string of the molecule is Cc1ccc(-c2ccccc2[I+]OCC(=O)O)cc1. The highest BCUT2D eigenvalue weighted by atomic mass is 127. The number of carboxylic acids is 1. The van der Waals surface area contributed by atoms with E-state index in [0.29, 0.717) is 0 Å². The van der Waals surface area contributed by atoms with Crippen molar-refractivity contribution in [1.29, 1.82) is 0 Å². The Balaban J connectivity index is 2.20. The maximum atomic E-state index is 10.5. The number of carboxylic acid groups (broad SMARTS) is 1. The molecule has 0 aliphatic carbocycles. The van der Waals surface area contributed by atoms with Gasteiger partial charge >= 0.3 is 27.6 Å². The van der Waals surface area contributed by atoms with E-state index in [1.165, 1.54) is 5.56 Å². The van der Waals surface area contributed by atoms with Gasteiger partial charge in [-0.15, -0.1) is 3.07 Å². The Hall–Kier alpha value is -1.40. The summed E-state index contributed by atoms with van der Waals surface area (Å²) in [6, 6.07) is 16.3. The van der Waals surface area contributed by atoms with Gasteiger partial charge in [0.15, 0.2) is 6.61 Å². The lowest BCUT2D eigenvalue weighted by Gasteiger charge is -2.01. The number of aliphatic carboxylic acids is 1. The molecule has 0 heterocycles. The summed E-state index contributed by atoms with van der Waals surface area (Å²) in [6.07, 6.45) is 0. The Morgan fingerprint density at radius 3 is 2.53 bits per heavy atom. The van der Waals surface area contributed by atoms with Crippen LogP contribution < -0.4 is 21.6 Å². The predicted molar refractivity (Wildman–Crippen MR) is 68.9 cm³/mol. The van der Waals surface area contributed by atoms with E-state index in [4.69, 9.17) is 8.17 Å². The van der Waals surface area contributed by atoms with Gasteiger partial charge in [-0.3, -0.25) is 0 Å². The van der Waals surface area contributed by atoms with Crippen molar-refractivity contribution in [2.75, 3.05) is 6.61 Å². The van der Waals surface area contributed by atoms with Gasteiger partial charge in [-0.2, -0.15) is 0 Å². The van der Waals surface area contributed by atoms with Crippen LogP contribution in [-0.2, 0) is 7.86 Å². The first kappa shape index (κ1) is 14.0. The summed E-state index contributed by atoms with van der Waals surface area (Å²) in [6.45, 7) is 1.83. The van der Waals surface area contributed by atoms with Crippen molar-refractivity contribution in [3.05, 3.63) is 57.7 Å². The van der Waals surface area contributed by atoms with Gasteiger partial charge in [0.05, 0.1) is 0 Å². The van der Waals surface area contributed by atoms with E-state index in [-0.39, 0.29) is 6.61 Å². The summed E-state index contributed by atoms with van der Waals surface area (Å²) in [5.41, 5.74) is 3.48. The fraction of sp³-hybridized carbons (Fsp3) is 0.133. The van der Waals surface area contributed by atoms with Crippen molar-refractivity contribution in [3.63, 3.8) is 0 Å². The summed E-state index contributed by atoms with van der Waals surface area (Å²) >= 11 is -0.743. The second-order valence-electron chi connectivity index (χ2n) is 4.07. The molecule has 0 radical (unpaired) electrons. The number of hydrogen-bond acceptors (Lipinski definition) is 2. The zero-order chi connectivity index (χ0) is 13.7. The standard InChI is InChI=1S/C15H13IO3/c1-11-6-8-12(9-7-11)13-4-2-3-5-14(13)16-19-10-15(17)18/h2-9H,10H2,1H3/p+1. The molecule has 0 saturated carbocycles. The van der Waals surface area contributed by atoms with Gasteiger partial charge < -0.3 is 5.11 Å². The summed E-state index contributed by atoms with van der Waals surface area (Å²) in [5.74, 6) is -0.924. The Bertz CT molecular complexity index is 564. The molecule has 2 aromatic rings. The first-order valence-corrected chi connectivity index (χ1v) is 7.77. The van der Waals surface area contributed by atoms with Gasteiger partial charge in [0.1, 0.15) is 0 Å². The predicted octanol–water partition coefficient (Wildman–Crippen LogP) is -0.0632. The van der Waals surface area contributed by atoms with Crippen LogP contribution in [0.4, 0.5) is 0 Å². The molecule has 2 aromatic carbocycles. The van der Waals surface area contributed by atoms with Crippen LogP contribution in [0.2, 0.25) is 0 Å². The lowest BCUT2D eigenvalue weighted by atomic mass is 10.0. The average Bonchev–Trinajstić information content (AvgIpc) is 2.40. The highest BCUT2D eigenvalue weighted by molar-refractivity contribution is 5.67. The minimum atomic E-state index is -0.924. The van der Waals surface area contributed by atoms with E-state index >= 15 is 0 Å². The molecular formula is C15H14IO3+. The molecule has 0 spiro atoms. The third kappa shape index (κ3) is 4.04. The van der Waals surface area contributed by atoms with Crippen LogP contribution in [0.5, 0.6) is 0 Å². The van der Waals surface area contributed by atoms with E-state index in [9.17, 15) is 4.79 Å². The van der Waals surface area contributed by atoms with Crippen molar-refractivity contribution in [2.45, 2.75) is 6.92 Å². The molecule has 0 aliphatic rings. The van der Waals surface area contributed by atoms with Crippen molar-refractivity contribution in [2.24, 2.45) is 0 Å². The molecule has 0 aliphatic heterocycles.